The van der Waals surface area contributed by atoms with E-state index in [1.807, 2.05) is 0 Å². The molecule has 62 heavy (non-hydrogen) atoms. The van der Waals surface area contributed by atoms with Gasteiger partial charge in [0.1, 0.15) is 0 Å². The average molecular weight is 850 g/mol. The number of benzene rings is 4. The van der Waals surface area contributed by atoms with Crippen molar-refractivity contribution in [2.24, 2.45) is 0 Å². The summed E-state index contributed by atoms with van der Waals surface area (Å²) in [6.45, 7) is 2.72. The van der Waals surface area contributed by atoms with E-state index in [4.69, 9.17) is 58.3 Å². The van der Waals surface area contributed by atoms with Gasteiger partial charge in [0.05, 0.1) is 21.5 Å². The Morgan fingerprint density at radius 1 is 0.500 bits per heavy atom. The maximum absolute atomic E-state index is 10.9. The third-order valence-corrected chi connectivity index (χ3v) is 8.91. The van der Waals surface area contributed by atoms with Gasteiger partial charge in [0.25, 0.3) is 0 Å². The van der Waals surface area contributed by atoms with Crippen LogP contribution in [0.5, 0.6) is 0 Å². The first kappa shape index (κ1) is 44.8. The van der Waals surface area contributed by atoms with Crippen molar-refractivity contribution >= 4 is 129 Å². The van der Waals surface area contributed by atoms with Gasteiger partial charge in [-0.25, -0.2) is 0 Å². The third kappa shape index (κ3) is 11.1. The molecule has 1 aliphatic carbocycles. The lowest BCUT2D eigenvalue weighted by Gasteiger charge is -2.00. The third-order valence-electron chi connectivity index (χ3n) is 8.91. The topological polar surface area (TPSA) is 348 Å². The smallest absolute Gasteiger partial charge is 0.423 e. The quantitative estimate of drug-likeness (QED) is 0.0740. The molecule has 4 aromatic heterocycles. The van der Waals surface area contributed by atoms with Crippen LogP contribution in [0.1, 0.15) is 26.7 Å². The van der Waals surface area contributed by atoms with Crippen molar-refractivity contribution in [1.82, 2.24) is 20.6 Å². The first-order chi connectivity index (χ1) is 29.6. The lowest BCUT2D eigenvalue weighted by atomic mass is 9.80. The molecule has 2 amide bonds. The highest BCUT2D eigenvalue weighted by Crippen LogP contribution is 2.29. The number of rotatable bonds is 9. The van der Waals surface area contributed by atoms with Gasteiger partial charge in [-0.05, 0) is 83.2 Å². The highest BCUT2D eigenvalue weighted by molar-refractivity contribution is 6.60. The fraction of sp³-hybridized carbons (Fsp3) is 0.167. The van der Waals surface area contributed by atoms with E-state index in [1.54, 1.807) is 55.6 Å². The van der Waals surface area contributed by atoms with Crippen LogP contribution in [0.15, 0.2) is 90.9 Å². The zero-order chi connectivity index (χ0) is 44.7. The maximum Gasteiger partial charge on any atom is 0.488 e. The molecule has 1 aliphatic rings. The SMILES string of the molecule is CC(=O)Nc1noc2cc(B(O)O)ccc12.CC(=O)Nc1noc2ccc(B(O)O)cc12.CNc1noc2ccc(B(O)O)cc12.OB(O)c1ccc2onc(NC3CC3)c2c1. The Balaban J connectivity index is 0.000000138. The molecule has 26 heteroatoms. The number of carbonyl (C=O) groups excluding carboxylic acids is 2. The summed E-state index contributed by atoms with van der Waals surface area (Å²) in [7, 11) is -4.34. The van der Waals surface area contributed by atoms with Crippen molar-refractivity contribution in [2.75, 3.05) is 28.3 Å². The molecule has 9 rings (SSSR count). The number of nitrogens with zero attached hydrogens (tertiary/aromatic N) is 4. The van der Waals surface area contributed by atoms with Gasteiger partial charge in [0.2, 0.25) is 11.8 Å². The fourth-order valence-corrected chi connectivity index (χ4v) is 5.68. The van der Waals surface area contributed by atoms with E-state index in [0.717, 1.165) is 23.6 Å². The largest absolute Gasteiger partial charge is 0.488 e. The predicted octanol–water partition coefficient (Wildman–Crippen LogP) is -1.44. The van der Waals surface area contributed by atoms with Crippen LogP contribution in [-0.4, -0.2) is 114 Å². The van der Waals surface area contributed by atoms with Gasteiger partial charge in [-0.15, -0.1) is 0 Å². The van der Waals surface area contributed by atoms with Crippen LogP contribution in [0.4, 0.5) is 23.3 Å². The number of fused-ring (bicyclic) bond motifs is 4. The molecule has 0 atom stereocenters. The monoisotopic (exact) mass is 850 g/mol. The molecular formula is C36H38B4N8O14. The minimum Gasteiger partial charge on any atom is -0.423 e. The highest BCUT2D eigenvalue weighted by Gasteiger charge is 2.24. The second-order valence-electron chi connectivity index (χ2n) is 13.7. The van der Waals surface area contributed by atoms with Crippen LogP contribution in [0, 0.1) is 0 Å². The molecule has 318 valence electrons. The Morgan fingerprint density at radius 2 is 0.855 bits per heavy atom. The average Bonchev–Trinajstić information content (AvgIpc) is 3.51. The second-order valence-corrected chi connectivity index (χ2v) is 13.7. The molecule has 12 N–H and O–H groups in total. The number of nitrogens with one attached hydrogen (secondary N) is 4. The summed E-state index contributed by atoms with van der Waals surface area (Å²) < 4.78 is 20.0. The number of hydrogen-bond acceptors (Lipinski definition) is 20. The van der Waals surface area contributed by atoms with E-state index < -0.39 is 28.5 Å². The Hall–Kier alpha value is -6.76. The Bertz CT molecular complexity index is 2810. The molecule has 0 radical (unpaired) electrons. The van der Waals surface area contributed by atoms with Crippen LogP contribution in [0.2, 0.25) is 0 Å². The molecule has 0 saturated heterocycles. The molecule has 0 bridgehead atoms. The van der Waals surface area contributed by atoms with Crippen LogP contribution < -0.4 is 43.1 Å². The van der Waals surface area contributed by atoms with E-state index in [1.165, 1.54) is 38.1 Å². The van der Waals surface area contributed by atoms with E-state index in [-0.39, 0.29) is 17.6 Å². The number of hydrogen-bond donors (Lipinski definition) is 12. The van der Waals surface area contributed by atoms with E-state index in [0.29, 0.717) is 78.5 Å². The molecule has 0 spiro atoms. The number of carbonyl (C=O) groups is 2. The summed E-state index contributed by atoms with van der Waals surface area (Å²) in [6.07, 6.45) is 2.30. The van der Waals surface area contributed by atoms with Crippen molar-refractivity contribution in [3.8, 4) is 0 Å². The van der Waals surface area contributed by atoms with Gasteiger partial charge in [-0.2, -0.15) is 0 Å². The molecule has 1 saturated carbocycles. The number of anilines is 4. The summed E-state index contributed by atoms with van der Waals surface area (Å²) in [6, 6.07) is 19.5. The molecular weight excluding hydrogens is 812 g/mol. The summed E-state index contributed by atoms with van der Waals surface area (Å²) in [4.78, 5) is 21.7. The van der Waals surface area contributed by atoms with E-state index in [2.05, 4.69) is 41.9 Å². The number of amides is 2. The minimum atomic E-state index is -1.57. The highest BCUT2D eigenvalue weighted by atomic mass is 16.5. The first-order valence-corrected chi connectivity index (χ1v) is 18.6. The van der Waals surface area contributed by atoms with Crippen molar-refractivity contribution in [2.45, 2.75) is 32.7 Å². The van der Waals surface area contributed by atoms with Crippen LogP contribution in [-0.2, 0) is 9.59 Å². The van der Waals surface area contributed by atoms with E-state index in [9.17, 15) is 9.59 Å². The lowest BCUT2D eigenvalue weighted by Crippen LogP contribution is -2.29. The first-order valence-electron chi connectivity index (χ1n) is 18.6. The lowest BCUT2D eigenvalue weighted by molar-refractivity contribution is -0.115. The molecule has 4 aromatic carbocycles. The summed E-state index contributed by atoms with van der Waals surface area (Å²) in [5.41, 5.74) is 3.57. The van der Waals surface area contributed by atoms with Crippen LogP contribution >= 0.6 is 0 Å². The van der Waals surface area contributed by atoms with Gasteiger partial charge < -0.3 is 79.6 Å². The zero-order valence-electron chi connectivity index (χ0n) is 33.0. The Kier molecular flexibility index (Phi) is 14.3. The standard InChI is InChI=1S/C10H11BN2O3.2C9H9BN2O4.C8H9BN2O3/c14-11(15)6-1-4-9-8(5-6)10(13-16-9)12-7-2-3-7;1-5(13)11-9-7-4-6(10(14)15)2-3-8(7)16-12-9;1-5(13)11-9-7-3-2-6(10(14)15)4-8(7)16-12-9;1-10-8-6-4-5(9(12)13)2-3-7(6)14-11-8/h1,4-5,7,14-15H,2-3H2,(H,12,13);2*2-4,14-15H,1H3,(H,11,12,13);2-4,12-13H,1H3,(H,10,11). The van der Waals surface area contributed by atoms with Crippen molar-refractivity contribution in [1.29, 1.82) is 0 Å². The minimum absolute atomic E-state index is 0.249. The van der Waals surface area contributed by atoms with Gasteiger partial charge in [0.15, 0.2) is 45.6 Å². The molecule has 8 aromatic rings. The van der Waals surface area contributed by atoms with Crippen LogP contribution in [0.25, 0.3) is 43.9 Å². The normalized spacial score (nSPS) is 11.7. The zero-order valence-corrected chi connectivity index (χ0v) is 33.0. The molecule has 4 heterocycles. The van der Waals surface area contributed by atoms with Crippen LogP contribution in [0.3, 0.4) is 0 Å². The van der Waals surface area contributed by atoms with Crippen molar-refractivity contribution in [3.05, 3.63) is 72.8 Å². The summed E-state index contributed by atoms with van der Waals surface area (Å²) in [5, 5.41) is 101. The Morgan fingerprint density at radius 3 is 1.27 bits per heavy atom. The maximum atomic E-state index is 10.9. The van der Waals surface area contributed by atoms with E-state index >= 15 is 0 Å². The summed E-state index contributed by atoms with van der Waals surface area (Å²) >= 11 is 0. The van der Waals surface area contributed by atoms with Gasteiger partial charge in [0, 0.05) is 26.9 Å². The van der Waals surface area contributed by atoms with Gasteiger partial charge >= 0.3 is 28.5 Å². The molecule has 22 nitrogen and oxygen atoms in total. The summed E-state index contributed by atoms with van der Waals surface area (Å²) in [5.74, 6) is 1.33. The number of aromatic nitrogens is 4. The molecule has 0 unspecified atom stereocenters. The van der Waals surface area contributed by atoms with Crippen molar-refractivity contribution < 1.29 is 67.9 Å². The predicted molar refractivity (Wildman–Crippen MR) is 230 cm³/mol. The fourth-order valence-electron chi connectivity index (χ4n) is 5.68. The van der Waals surface area contributed by atoms with Gasteiger partial charge in [-0.1, -0.05) is 44.9 Å². The Labute approximate surface area is 351 Å². The van der Waals surface area contributed by atoms with Gasteiger partial charge in [-0.3, -0.25) is 9.59 Å². The molecule has 1 fully saturated rings. The van der Waals surface area contributed by atoms with Crippen molar-refractivity contribution in [3.63, 3.8) is 0 Å². The molecule has 0 aliphatic heterocycles. The second kappa shape index (κ2) is 19.7.